The predicted molar refractivity (Wildman–Crippen MR) is 135 cm³/mol. The van der Waals surface area contributed by atoms with E-state index in [1.165, 1.54) is 22.4 Å². The molecule has 174 valence electrons. The maximum absolute atomic E-state index is 12.9. The molecule has 0 spiro atoms. The molecule has 1 saturated heterocycles. The number of benzene rings is 2. The van der Waals surface area contributed by atoms with Gasteiger partial charge in [0.05, 0.1) is 0 Å². The number of anilines is 1. The van der Waals surface area contributed by atoms with Crippen molar-refractivity contribution >= 4 is 11.6 Å². The van der Waals surface area contributed by atoms with Crippen molar-refractivity contribution in [2.45, 2.75) is 53.1 Å². The Labute approximate surface area is 195 Å². The van der Waals surface area contributed by atoms with Gasteiger partial charge in [0, 0.05) is 63.8 Å². The Bertz CT molecular complexity index is 871. The van der Waals surface area contributed by atoms with Crippen molar-refractivity contribution in [1.29, 1.82) is 0 Å². The summed E-state index contributed by atoms with van der Waals surface area (Å²) in [6, 6.07) is 18.1. The average molecular weight is 436 g/mol. The number of hydrogen-bond acceptors (Lipinski definition) is 3. The van der Waals surface area contributed by atoms with Crippen LogP contribution in [0, 0.1) is 18.8 Å². The van der Waals surface area contributed by atoms with Crippen LogP contribution in [-0.2, 0) is 11.3 Å². The van der Waals surface area contributed by atoms with E-state index < -0.39 is 0 Å². The van der Waals surface area contributed by atoms with Gasteiger partial charge in [0.25, 0.3) is 0 Å². The maximum Gasteiger partial charge on any atom is 0.225 e. The molecule has 0 radical (unpaired) electrons. The van der Waals surface area contributed by atoms with E-state index >= 15 is 0 Å². The molecule has 0 saturated carbocycles. The van der Waals surface area contributed by atoms with Gasteiger partial charge in [-0.15, -0.1) is 0 Å². The van der Waals surface area contributed by atoms with Crippen molar-refractivity contribution in [3.05, 3.63) is 65.2 Å². The van der Waals surface area contributed by atoms with Crippen molar-refractivity contribution in [2.24, 2.45) is 11.8 Å². The first-order chi connectivity index (χ1) is 15.2. The van der Waals surface area contributed by atoms with Crippen LogP contribution < -0.4 is 4.90 Å². The number of hydrogen-bond donors (Lipinski definition) is 0. The Morgan fingerprint density at radius 1 is 0.969 bits per heavy atom. The molecule has 2 atom stereocenters. The van der Waals surface area contributed by atoms with Crippen LogP contribution in [0.25, 0.3) is 0 Å². The quantitative estimate of drug-likeness (QED) is 0.572. The van der Waals surface area contributed by atoms with Crippen molar-refractivity contribution < 1.29 is 4.79 Å². The highest BCUT2D eigenvalue weighted by Gasteiger charge is 2.36. The lowest BCUT2D eigenvalue weighted by Gasteiger charge is -2.33. The summed E-state index contributed by atoms with van der Waals surface area (Å²) in [5.74, 6) is 1.17. The van der Waals surface area contributed by atoms with Crippen molar-refractivity contribution in [3.63, 3.8) is 0 Å². The van der Waals surface area contributed by atoms with E-state index in [2.05, 4.69) is 98.1 Å². The molecule has 3 rings (SSSR count). The summed E-state index contributed by atoms with van der Waals surface area (Å²) in [4.78, 5) is 19.7. The third-order valence-electron chi connectivity index (χ3n) is 6.71. The molecule has 4 heteroatoms. The number of rotatable bonds is 8. The van der Waals surface area contributed by atoms with E-state index in [0.717, 1.165) is 26.2 Å². The molecule has 0 unspecified atom stereocenters. The van der Waals surface area contributed by atoms with Gasteiger partial charge in [-0.3, -0.25) is 9.69 Å². The van der Waals surface area contributed by atoms with Crippen LogP contribution in [0.1, 0.15) is 50.3 Å². The van der Waals surface area contributed by atoms with Gasteiger partial charge in [-0.2, -0.15) is 0 Å². The van der Waals surface area contributed by atoms with Gasteiger partial charge in [-0.1, -0.05) is 55.8 Å². The van der Waals surface area contributed by atoms with Gasteiger partial charge in [-0.05, 0) is 49.9 Å². The van der Waals surface area contributed by atoms with Gasteiger partial charge < -0.3 is 9.80 Å². The van der Waals surface area contributed by atoms with Gasteiger partial charge in [-0.25, -0.2) is 0 Å². The van der Waals surface area contributed by atoms with Gasteiger partial charge in [0.15, 0.2) is 0 Å². The van der Waals surface area contributed by atoms with E-state index in [1.807, 2.05) is 13.8 Å². The molecule has 0 aliphatic carbocycles. The van der Waals surface area contributed by atoms with E-state index in [-0.39, 0.29) is 17.9 Å². The molecule has 2 aromatic rings. The Hall–Kier alpha value is -2.33. The van der Waals surface area contributed by atoms with Crippen LogP contribution in [0.2, 0.25) is 0 Å². The molecule has 1 aliphatic heterocycles. The second-order valence-corrected chi connectivity index (χ2v) is 10.3. The average Bonchev–Trinajstić information content (AvgIpc) is 3.14. The second-order valence-electron chi connectivity index (χ2n) is 10.3. The molecule has 0 bridgehead atoms. The zero-order valence-electron chi connectivity index (χ0n) is 21.0. The standard InChI is InChI=1S/C28H41N3O/c1-20(2)28(32)31(21(3)4)18-25-17-30(16-23-10-14-26(15-11-23)29(6)7)19-27(25)24-12-8-22(5)9-13-24/h8-15,20-21,25,27H,16-19H2,1-7H3/t25-,27+/m1/s1. The third kappa shape index (κ3) is 5.92. The Balaban J connectivity index is 1.80. The zero-order chi connectivity index (χ0) is 23.4. The summed E-state index contributed by atoms with van der Waals surface area (Å²) in [7, 11) is 4.15. The predicted octanol–water partition coefficient (Wildman–Crippen LogP) is 5.17. The number of aryl methyl sites for hydroxylation is 1. The lowest BCUT2D eigenvalue weighted by Crippen LogP contribution is -2.43. The molecule has 1 fully saturated rings. The van der Waals surface area contributed by atoms with Gasteiger partial charge in [0.1, 0.15) is 0 Å². The number of likely N-dealkylation sites (tertiary alicyclic amines) is 1. The summed E-state index contributed by atoms with van der Waals surface area (Å²) in [6.45, 7) is 14.3. The molecule has 32 heavy (non-hydrogen) atoms. The minimum absolute atomic E-state index is 0.0305. The number of nitrogens with zero attached hydrogens (tertiary/aromatic N) is 3. The highest BCUT2D eigenvalue weighted by molar-refractivity contribution is 5.78. The molecule has 0 aromatic heterocycles. The van der Waals surface area contributed by atoms with Crippen LogP contribution in [0.5, 0.6) is 0 Å². The Morgan fingerprint density at radius 2 is 1.59 bits per heavy atom. The molecule has 0 N–H and O–H groups in total. The normalized spacial score (nSPS) is 19.0. The summed E-state index contributed by atoms with van der Waals surface area (Å²) < 4.78 is 0. The zero-order valence-corrected chi connectivity index (χ0v) is 21.0. The van der Waals surface area contributed by atoms with E-state index in [1.54, 1.807) is 0 Å². The summed E-state index contributed by atoms with van der Waals surface area (Å²) in [5.41, 5.74) is 5.26. The molecular formula is C28H41N3O. The Kier molecular flexibility index (Phi) is 8.00. The first-order valence-corrected chi connectivity index (χ1v) is 12.0. The Morgan fingerprint density at radius 3 is 2.12 bits per heavy atom. The third-order valence-corrected chi connectivity index (χ3v) is 6.71. The van der Waals surface area contributed by atoms with Crippen LogP contribution >= 0.6 is 0 Å². The van der Waals surface area contributed by atoms with Crippen LogP contribution in [0.4, 0.5) is 5.69 Å². The SMILES string of the molecule is Cc1ccc([C@@H]2CN(Cc3ccc(N(C)C)cc3)C[C@@H]2CN(C(=O)C(C)C)C(C)C)cc1. The minimum Gasteiger partial charge on any atom is -0.378 e. The van der Waals surface area contributed by atoms with Crippen molar-refractivity contribution in [3.8, 4) is 0 Å². The second kappa shape index (κ2) is 10.5. The van der Waals surface area contributed by atoms with Crippen LogP contribution in [0.3, 0.4) is 0 Å². The molecule has 4 nitrogen and oxygen atoms in total. The number of carbonyl (C=O) groups excluding carboxylic acids is 1. The first-order valence-electron chi connectivity index (χ1n) is 12.0. The highest BCUT2D eigenvalue weighted by Crippen LogP contribution is 2.35. The fraction of sp³-hybridized carbons (Fsp3) is 0.536. The molecule has 1 heterocycles. The fourth-order valence-electron chi connectivity index (χ4n) is 4.76. The van der Waals surface area contributed by atoms with E-state index in [9.17, 15) is 4.79 Å². The molecule has 1 aliphatic rings. The first kappa shape index (κ1) is 24.3. The smallest absolute Gasteiger partial charge is 0.225 e. The lowest BCUT2D eigenvalue weighted by atomic mass is 9.87. The molecular weight excluding hydrogens is 394 g/mol. The fourth-order valence-corrected chi connectivity index (χ4v) is 4.76. The largest absolute Gasteiger partial charge is 0.378 e. The molecule has 1 amide bonds. The van der Waals surface area contributed by atoms with Crippen molar-refractivity contribution in [2.75, 3.05) is 38.6 Å². The number of carbonyl (C=O) groups is 1. The van der Waals surface area contributed by atoms with E-state index in [4.69, 9.17) is 0 Å². The van der Waals surface area contributed by atoms with E-state index in [0.29, 0.717) is 11.8 Å². The summed E-state index contributed by atoms with van der Waals surface area (Å²) in [5, 5.41) is 0. The van der Waals surface area contributed by atoms with Crippen molar-refractivity contribution in [1.82, 2.24) is 9.80 Å². The van der Waals surface area contributed by atoms with Gasteiger partial charge in [0.2, 0.25) is 5.91 Å². The maximum atomic E-state index is 12.9. The van der Waals surface area contributed by atoms with Crippen LogP contribution in [-0.4, -0.2) is 55.5 Å². The van der Waals surface area contributed by atoms with Crippen LogP contribution in [0.15, 0.2) is 48.5 Å². The van der Waals surface area contributed by atoms with Gasteiger partial charge >= 0.3 is 0 Å². The lowest BCUT2D eigenvalue weighted by molar-refractivity contribution is -0.136. The molecule has 2 aromatic carbocycles. The summed E-state index contributed by atoms with van der Waals surface area (Å²) in [6.07, 6.45) is 0. The minimum atomic E-state index is 0.0305. The summed E-state index contributed by atoms with van der Waals surface area (Å²) >= 11 is 0. The number of amides is 1. The topological polar surface area (TPSA) is 26.8 Å². The monoisotopic (exact) mass is 435 g/mol. The highest BCUT2D eigenvalue weighted by atomic mass is 16.2.